The van der Waals surface area contributed by atoms with E-state index in [1.165, 1.54) is 0 Å². The van der Waals surface area contributed by atoms with Crippen LogP contribution < -0.4 is 15.0 Å². The fourth-order valence-corrected chi connectivity index (χ4v) is 5.08. The topological polar surface area (TPSA) is 58.6 Å². The average Bonchev–Trinajstić information content (AvgIpc) is 3.28. The zero-order valence-electron chi connectivity index (χ0n) is 18.3. The van der Waals surface area contributed by atoms with Gasteiger partial charge < -0.3 is 10.1 Å². The summed E-state index contributed by atoms with van der Waals surface area (Å²) in [5, 5.41) is 5.21. The maximum Gasteiger partial charge on any atom is 0.265 e. The van der Waals surface area contributed by atoms with Crippen LogP contribution in [0.1, 0.15) is 49.8 Å². The molecule has 3 aromatic rings. The van der Waals surface area contributed by atoms with Gasteiger partial charge in [0.05, 0.1) is 0 Å². The van der Waals surface area contributed by atoms with Gasteiger partial charge in [0.2, 0.25) is 5.91 Å². The molecule has 0 bridgehead atoms. The largest absolute Gasteiger partial charge is 0.483 e. The number of carbonyl (C=O) groups excluding carboxylic acids is 2. The van der Waals surface area contributed by atoms with Gasteiger partial charge in [-0.15, -0.1) is 0 Å². The number of anilines is 1. The maximum atomic E-state index is 13.9. The van der Waals surface area contributed by atoms with E-state index in [9.17, 15) is 9.59 Å². The van der Waals surface area contributed by atoms with Crippen molar-refractivity contribution in [2.24, 2.45) is 0 Å². The van der Waals surface area contributed by atoms with E-state index >= 15 is 0 Å². The smallest absolute Gasteiger partial charge is 0.265 e. The number of carbonyl (C=O) groups is 2. The number of nitrogens with zero attached hydrogens (tertiary/aromatic N) is 1. The second kappa shape index (κ2) is 8.65. The fraction of sp³-hybridized carbons (Fsp3) is 0.333. The highest BCUT2D eigenvalue weighted by molar-refractivity contribution is 6.06. The third-order valence-corrected chi connectivity index (χ3v) is 6.66. The first kappa shape index (κ1) is 20.6. The lowest BCUT2D eigenvalue weighted by Gasteiger charge is -2.32. The molecular formula is C27H28N2O3. The molecule has 1 unspecified atom stereocenters. The predicted octanol–water partition coefficient (Wildman–Crippen LogP) is 4.93. The number of rotatable bonds is 4. The zero-order chi connectivity index (χ0) is 22.1. The van der Waals surface area contributed by atoms with E-state index in [-0.39, 0.29) is 24.5 Å². The molecule has 2 amide bonds. The van der Waals surface area contributed by atoms with Crippen LogP contribution >= 0.6 is 0 Å². The van der Waals surface area contributed by atoms with Crippen LogP contribution in [0, 0.1) is 0 Å². The summed E-state index contributed by atoms with van der Waals surface area (Å²) in [5.74, 6) is 0.247. The van der Waals surface area contributed by atoms with Crippen LogP contribution in [-0.2, 0) is 16.0 Å². The van der Waals surface area contributed by atoms with Gasteiger partial charge in [0.25, 0.3) is 5.91 Å². The molecule has 0 aromatic heterocycles. The third-order valence-electron chi connectivity index (χ3n) is 6.66. The van der Waals surface area contributed by atoms with Crippen LogP contribution in [0.4, 0.5) is 5.69 Å². The first-order chi connectivity index (χ1) is 15.7. The van der Waals surface area contributed by atoms with Crippen molar-refractivity contribution in [3.05, 3.63) is 71.8 Å². The second-order valence-electron chi connectivity index (χ2n) is 8.63. The Balaban J connectivity index is 1.72. The third kappa shape index (κ3) is 3.62. The SMILES string of the molecule is CCc1ccccc1N1C(=O)COc2ccc3ccccc3c2C1C(=O)NC1CCCC1. The van der Waals surface area contributed by atoms with Crippen molar-refractivity contribution in [2.75, 3.05) is 11.5 Å². The number of para-hydroxylation sites is 1. The monoisotopic (exact) mass is 428 g/mol. The van der Waals surface area contributed by atoms with Gasteiger partial charge in [0.15, 0.2) is 6.61 Å². The minimum atomic E-state index is -0.792. The van der Waals surface area contributed by atoms with E-state index in [1.54, 1.807) is 4.90 Å². The predicted molar refractivity (Wildman–Crippen MR) is 126 cm³/mol. The molecule has 2 aliphatic rings. The molecule has 3 aromatic carbocycles. The van der Waals surface area contributed by atoms with Crippen molar-refractivity contribution >= 4 is 28.3 Å². The van der Waals surface area contributed by atoms with Crippen LogP contribution in [0.25, 0.3) is 10.8 Å². The number of fused-ring (bicyclic) bond motifs is 3. The van der Waals surface area contributed by atoms with Gasteiger partial charge >= 0.3 is 0 Å². The molecule has 32 heavy (non-hydrogen) atoms. The van der Waals surface area contributed by atoms with Gasteiger partial charge in [-0.1, -0.05) is 68.3 Å². The van der Waals surface area contributed by atoms with Gasteiger partial charge in [-0.2, -0.15) is 0 Å². The van der Waals surface area contributed by atoms with Crippen LogP contribution in [0.5, 0.6) is 5.75 Å². The molecule has 0 saturated heterocycles. The van der Waals surface area contributed by atoms with Gasteiger partial charge in [-0.05, 0) is 47.7 Å². The quantitative estimate of drug-likeness (QED) is 0.641. The Bertz CT molecular complexity index is 1170. The maximum absolute atomic E-state index is 13.9. The van der Waals surface area contributed by atoms with E-state index < -0.39 is 6.04 Å². The summed E-state index contributed by atoms with van der Waals surface area (Å²) < 4.78 is 5.97. The molecule has 5 nitrogen and oxygen atoms in total. The molecule has 1 fully saturated rings. The number of hydrogen-bond donors (Lipinski definition) is 1. The van der Waals surface area contributed by atoms with Crippen molar-refractivity contribution in [1.29, 1.82) is 0 Å². The number of benzene rings is 3. The summed E-state index contributed by atoms with van der Waals surface area (Å²) >= 11 is 0. The van der Waals surface area contributed by atoms with Crippen LogP contribution in [0.3, 0.4) is 0 Å². The highest BCUT2D eigenvalue weighted by atomic mass is 16.5. The van der Waals surface area contributed by atoms with Crippen molar-refractivity contribution < 1.29 is 14.3 Å². The van der Waals surface area contributed by atoms with Gasteiger partial charge in [0, 0.05) is 17.3 Å². The van der Waals surface area contributed by atoms with Crippen molar-refractivity contribution in [3.8, 4) is 5.75 Å². The lowest BCUT2D eigenvalue weighted by Crippen LogP contribution is -2.46. The first-order valence-electron chi connectivity index (χ1n) is 11.5. The molecule has 1 atom stereocenters. The Morgan fingerprint density at radius 3 is 2.59 bits per heavy atom. The van der Waals surface area contributed by atoms with Crippen LogP contribution in [0.15, 0.2) is 60.7 Å². The number of amides is 2. The molecule has 1 aliphatic heterocycles. The zero-order valence-corrected chi connectivity index (χ0v) is 18.3. The summed E-state index contributed by atoms with van der Waals surface area (Å²) in [4.78, 5) is 29.0. The molecule has 0 spiro atoms. The number of ether oxygens (including phenoxy) is 1. The van der Waals surface area contributed by atoms with Gasteiger partial charge in [-0.3, -0.25) is 14.5 Å². The van der Waals surface area contributed by atoms with Crippen molar-refractivity contribution in [2.45, 2.75) is 51.1 Å². The molecule has 1 N–H and O–H groups in total. The Labute approximate surface area is 188 Å². The van der Waals surface area contributed by atoms with Gasteiger partial charge in [0.1, 0.15) is 11.8 Å². The number of hydrogen-bond acceptors (Lipinski definition) is 3. The number of aryl methyl sites for hydroxylation is 1. The minimum absolute atomic E-state index is 0.101. The minimum Gasteiger partial charge on any atom is -0.483 e. The highest BCUT2D eigenvalue weighted by Gasteiger charge is 2.40. The van der Waals surface area contributed by atoms with E-state index in [1.807, 2.05) is 60.7 Å². The second-order valence-corrected chi connectivity index (χ2v) is 8.63. The Morgan fingerprint density at radius 2 is 1.78 bits per heavy atom. The van der Waals surface area contributed by atoms with E-state index in [2.05, 4.69) is 12.2 Å². The van der Waals surface area contributed by atoms with Gasteiger partial charge in [-0.25, -0.2) is 0 Å². The van der Waals surface area contributed by atoms with E-state index in [0.29, 0.717) is 5.75 Å². The molecule has 5 heteroatoms. The molecule has 1 aliphatic carbocycles. The van der Waals surface area contributed by atoms with Crippen LogP contribution in [0.2, 0.25) is 0 Å². The summed E-state index contributed by atoms with van der Waals surface area (Å²) in [5.41, 5.74) is 2.56. The van der Waals surface area contributed by atoms with E-state index in [0.717, 1.165) is 59.7 Å². The molecule has 0 radical (unpaired) electrons. The normalized spacial score (nSPS) is 18.8. The molecule has 164 valence electrons. The summed E-state index contributed by atoms with van der Waals surface area (Å²) in [6.07, 6.45) is 4.98. The molecule has 1 heterocycles. The van der Waals surface area contributed by atoms with Crippen molar-refractivity contribution in [1.82, 2.24) is 5.32 Å². The summed E-state index contributed by atoms with van der Waals surface area (Å²) in [6, 6.07) is 19.1. The first-order valence-corrected chi connectivity index (χ1v) is 11.5. The lowest BCUT2D eigenvalue weighted by atomic mass is 9.94. The molecular weight excluding hydrogens is 400 g/mol. The van der Waals surface area contributed by atoms with E-state index in [4.69, 9.17) is 4.74 Å². The number of nitrogens with one attached hydrogen (secondary N) is 1. The standard InChI is InChI=1S/C27H28N2O3/c1-2-18-9-4-8-14-22(18)29-24(30)17-32-23-16-15-19-10-3-7-13-21(19)25(23)26(29)27(31)28-20-11-5-6-12-20/h3-4,7-10,13-16,20,26H,2,5-6,11-12,17H2,1H3,(H,28,31). The molecule has 1 saturated carbocycles. The Hall–Kier alpha value is -3.34. The van der Waals surface area contributed by atoms with Crippen molar-refractivity contribution in [3.63, 3.8) is 0 Å². The molecule has 5 rings (SSSR count). The Kier molecular flexibility index (Phi) is 5.56. The summed E-state index contributed by atoms with van der Waals surface area (Å²) in [6.45, 7) is 1.96. The summed E-state index contributed by atoms with van der Waals surface area (Å²) in [7, 11) is 0. The Morgan fingerprint density at radius 1 is 1.03 bits per heavy atom. The van der Waals surface area contributed by atoms with Crippen LogP contribution in [-0.4, -0.2) is 24.5 Å². The highest BCUT2D eigenvalue weighted by Crippen LogP contribution is 2.41. The average molecular weight is 429 g/mol. The lowest BCUT2D eigenvalue weighted by molar-refractivity contribution is -0.127. The fourth-order valence-electron chi connectivity index (χ4n) is 5.08.